The lowest BCUT2D eigenvalue weighted by atomic mass is 10.1. The number of carbonyl (C=O) groups is 2. The number of hydrogen-bond acceptors (Lipinski definition) is 4. The Morgan fingerprint density at radius 1 is 1.43 bits per heavy atom. The van der Waals surface area contributed by atoms with Gasteiger partial charge in [-0.25, -0.2) is 4.79 Å². The molecule has 2 N–H and O–H groups in total. The summed E-state index contributed by atoms with van der Waals surface area (Å²) in [6.45, 7) is 0.439. The van der Waals surface area contributed by atoms with E-state index in [1.54, 1.807) is 12.1 Å². The predicted molar refractivity (Wildman–Crippen MR) is 76.1 cm³/mol. The number of nitrogens with zero attached hydrogens (tertiary/aromatic N) is 1. The van der Waals surface area contributed by atoms with Crippen LogP contribution >= 0.6 is 0 Å². The third-order valence-corrected chi connectivity index (χ3v) is 3.46. The van der Waals surface area contributed by atoms with Gasteiger partial charge in [0, 0.05) is 24.3 Å². The van der Waals surface area contributed by atoms with Gasteiger partial charge in [-0.1, -0.05) is 0 Å². The Labute approximate surface area is 122 Å². The maximum absolute atomic E-state index is 12.0. The molecule has 1 saturated heterocycles. The minimum atomic E-state index is -0.985. The number of carboxylic acid groups (broad SMARTS) is 1. The van der Waals surface area contributed by atoms with Crippen molar-refractivity contribution in [2.24, 2.45) is 0 Å². The number of aromatic hydroxyl groups is 1. The molecule has 1 aromatic carbocycles. The first kappa shape index (κ1) is 14.9. The van der Waals surface area contributed by atoms with Crippen LogP contribution in [0.25, 0.3) is 6.08 Å². The first-order valence-corrected chi connectivity index (χ1v) is 6.61. The van der Waals surface area contributed by atoms with E-state index in [0.717, 1.165) is 0 Å². The van der Waals surface area contributed by atoms with Crippen LogP contribution in [0.5, 0.6) is 11.5 Å². The normalized spacial score (nSPS) is 18.1. The van der Waals surface area contributed by atoms with Crippen molar-refractivity contribution in [3.63, 3.8) is 0 Å². The number of methoxy groups -OCH3 is 1. The van der Waals surface area contributed by atoms with E-state index in [-0.39, 0.29) is 11.7 Å². The molecule has 0 spiro atoms. The summed E-state index contributed by atoms with van der Waals surface area (Å²) in [7, 11) is 1.49. The van der Waals surface area contributed by atoms with Gasteiger partial charge in [0.1, 0.15) is 17.5 Å². The molecule has 0 bridgehead atoms. The van der Waals surface area contributed by atoms with Crippen LogP contribution in [0.1, 0.15) is 18.4 Å². The Kier molecular flexibility index (Phi) is 4.47. The third-order valence-electron chi connectivity index (χ3n) is 3.46. The molecule has 1 atom stereocenters. The van der Waals surface area contributed by atoms with Gasteiger partial charge in [0.05, 0.1) is 7.11 Å². The molecule has 1 heterocycles. The number of carbonyl (C=O) groups excluding carboxylic acids is 1. The molecular formula is C15H17NO5. The van der Waals surface area contributed by atoms with E-state index < -0.39 is 12.0 Å². The number of phenolic OH excluding ortho intramolecular Hbond substituents is 1. The first-order valence-electron chi connectivity index (χ1n) is 6.61. The van der Waals surface area contributed by atoms with Crippen molar-refractivity contribution in [1.82, 2.24) is 4.90 Å². The van der Waals surface area contributed by atoms with Crippen molar-refractivity contribution in [3.8, 4) is 11.5 Å². The molecule has 0 saturated carbocycles. The first-order chi connectivity index (χ1) is 10.0. The Balaban J connectivity index is 2.10. The summed E-state index contributed by atoms with van der Waals surface area (Å²) in [5.41, 5.74) is 0.468. The van der Waals surface area contributed by atoms with E-state index >= 15 is 0 Å². The molecule has 0 radical (unpaired) electrons. The van der Waals surface area contributed by atoms with Crippen LogP contribution in [0.4, 0.5) is 0 Å². The maximum Gasteiger partial charge on any atom is 0.326 e. The Bertz CT molecular complexity index is 581. The van der Waals surface area contributed by atoms with Crippen LogP contribution in [0, 0.1) is 0 Å². The average Bonchev–Trinajstić information content (AvgIpc) is 2.95. The summed E-state index contributed by atoms with van der Waals surface area (Å²) in [4.78, 5) is 24.4. The second kappa shape index (κ2) is 6.30. The van der Waals surface area contributed by atoms with Gasteiger partial charge in [0.2, 0.25) is 5.91 Å². The van der Waals surface area contributed by atoms with Crippen LogP contribution in [0.15, 0.2) is 24.3 Å². The Morgan fingerprint density at radius 3 is 2.81 bits per heavy atom. The summed E-state index contributed by atoms with van der Waals surface area (Å²) >= 11 is 0. The molecule has 1 unspecified atom stereocenters. The number of carboxylic acids is 1. The van der Waals surface area contributed by atoms with Crippen LogP contribution < -0.4 is 4.74 Å². The van der Waals surface area contributed by atoms with Crippen LogP contribution in [-0.2, 0) is 9.59 Å². The lowest BCUT2D eigenvalue weighted by Crippen LogP contribution is -2.39. The summed E-state index contributed by atoms with van der Waals surface area (Å²) in [5.74, 6) is -0.840. The molecule has 2 rings (SSSR count). The number of phenols is 1. The number of benzene rings is 1. The topological polar surface area (TPSA) is 87.1 Å². The molecule has 112 valence electrons. The zero-order valence-electron chi connectivity index (χ0n) is 11.7. The molecule has 6 nitrogen and oxygen atoms in total. The van der Waals surface area contributed by atoms with E-state index in [9.17, 15) is 14.7 Å². The van der Waals surface area contributed by atoms with E-state index in [1.807, 2.05) is 0 Å². The standard InChI is InChI=1S/C15H17NO5/c1-21-11-6-4-10(13(17)9-11)5-7-14(18)16-8-2-3-12(16)15(19)20/h4-7,9,12,17H,2-3,8H2,1H3,(H,19,20)/b7-5+. The number of amides is 1. The number of rotatable bonds is 4. The maximum atomic E-state index is 12.0. The van der Waals surface area contributed by atoms with Crippen molar-refractivity contribution in [1.29, 1.82) is 0 Å². The summed E-state index contributed by atoms with van der Waals surface area (Å²) < 4.78 is 4.97. The fourth-order valence-corrected chi connectivity index (χ4v) is 2.34. The van der Waals surface area contributed by atoms with Crippen molar-refractivity contribution in [2.75, 3.05) is 13.7 Å². The van der Waals surface area contributed by atoms with Crippen molar-refractivity contribution >= 4 is 18.0 Å². The number of likely N-dealkylation sites (tertiary alicyclic amines) is 1. The van der Waals surface area contributed by atoms with Gasteiger partial charge in [0.25, 0.3) is 0 Å². The molecule has 1 aromatic rings. The molecule has 1 amide bonds. The SMILES string of the molecule is COc1ccc(/C=C/C(=O)N2CCCC2C(=O)O)c(O)c1. The van der Waals surface area contributed by atoms with E-state index in [2.05, 4.69) is 0 Å². The van der Waals surface area contributed by atoms with Gasteiger partial charge in [-0.3, -0.25) is 4.79 Å². The average molecular weight is 291 g/mol. The smallest absolute Gasteiger partial charge is 0.326 e. The van der Waals surface area contributed by atoms with Gasteiger partial charge >= 0.3 is 5.97 Å². The fraction of sp³-hybridized carbons (Fsp3) is 0.333. The molecule has 1 fully saturated rings. The van der Waals surface area contributed by atoms with Crippen molar-refractivity contribution < 1.29 is 24.5 Å². The molecular weight excluding hydrogens is 274 g/mol. The van der Waals surface area contributed by atoms with Crippen molar-refractivity contribution in [3.05, 3.63) is 29.8 Å². The Hall–Kier alpha value is -2.50. The van der Waals surface area contributed by atoms with Gasteiger partial charge in [-0.2, -0.15) is 0 Å². The van der Waals surface area contributed by atoms with Gasteiger partial charge in [-0.05, 0) is 31.1 Å². The molecule has 0 aromatic heterocycles. The molecule has 6 heteroatoms. The zero-order chi connectivity index (χ0) is 15.4. The summed E-state index contributed by atoms with van der Waals surface area (Å²) in [5, 5.41) is 18.8. The minimum absolute atomic E-state index is 0.00499. The minimum Gasteiger partial charge on any atom is -0.507 e. The van der Waals surface area contributed by atoms with Gasteiger partial charge in [0.15, 0.2) is 0 Å². The quantitative estimate of drug-likeness (QED) is 0.821. The zero-order valence-corrected chi connectivity index (χ0v) is 11.7. The lowest BCUT2D eigenvalue weighted by Gasteiger charge is -2.19. The van der Waals surface area contributed by atoms with Gasteiger partial charge in [-0.15, -0.1) is 0 Å². The molecule has 1 aliphatic rings. The largest absolute Gasteiger partial charge is 0.507 e. The second-order valence-electron chi connectivity index (χ2n) is 4.79. The van der Waals surface area contributed by atoms with E-state index in [1.165, 1.54) is 30.2 Å². The summed E-state index contributed by atoms with van der Waals surface area (Å²) in [6, 6.07) is 3.97. The van der Waals surface area contributed by atoms with Crippen molar-refractivity contribution in [2.45, 2.75) is 18.9 Å². The van der Waals surface area contributed by atoms with Crippen LogP contribution in [-0.4, -0.2) is 46.7 Å². The molecule has 21 heavy (non-hydrogen) atoms. The van der Waals surface area contributed by atoms with Gasteiger partial charge < -0.3 is 19.8 Å². The number of ether oxygens (including phenoxy) is 1. The highest BCUT2D eigenvalue weighted by atomic mass is 16.5. The lowest BCUT2D eigenvalue weighted by molar-refractivity contribution is -0.146. The van der Waals surface area contributed by atoms with E-state index in [0.29, 0.717) is 30.7 Å². The summed E-state index contributed by atoms with van der Waals surface area (Å²) in [6.07, 6.45) is 3.91. The molecule has 0 aliphatic carbocycles. The number of hydrogen-bond donors (Lipinski definition) is 2. The van der Waals surface area contributed by atoms with Crippen LogP contribution in [0.2, 0.25) is 0 Å². The highest BCUT2D eigenvalue weighted by Crippen LogP contribution is 2.25. The van der Waals surface area contributed by atoms with Crippen LogP contribution in [0.3, 0.4) is 0 Å². The Morgan fingerprint density at radius 2 is 2.19 bits per heavy atom. The molecule has 1 aliphatic heterocycles. The second-order valence-corrected chi connectivity index (χ2v) is 4.79. The highest BCUT2D eigenvalue weighted by Gasteiger charge is 2.32. The van der Waals surface area contributed by atoms with E-state index in [4.69, 9.17) is 9.84 Å². The fourth-order valence-electron chi connectivity index (χ4n) is 2.34. The number of aliphatic carboxylic acids is 1. The monoisotopic (exact) mass is 291 g/mol. The predicted octanol–water partition coefficient (Wildman–Crippen LogP) is 1.49. The highest BCUT2D eigenvalue weighted by molar-refractivity contribution is 5.95. The third kappa shape index (κ3) is 3.34.